The van der Waals surface area contributed by atoms with Crippen molar-refractivity contribution in [3.63, 3.8) is 0 Å². The van der Waals surface area contributed by atoms with Crippen LogP contribution in [0.25, 0.3) is 0 Å². The minimum Gasteiger partial charge on any atom is -0.394 e. The molecule has 140 valence electrons. The molecule has 24 heavy (non-hydrogen) atoms. The molecule has 0 heterocycles. The second-order valence-corrected chi connectivity index (χ2v) is 6.30. The third-order valence-corrected chi connectivity index (χ3v) is 4.09. The Bertz CT molecular complexity index is 452. The van der Waals surface area contributed by atoms with Crippen LogP contribution in [-0.2, 0) is 0 Å². The Kier molecular flexibility index (Phi) is 10.4. The summed E-state index contributed by atoms with van der Waals surface area (Å²) in [6, 6.07) is -0.181. The summed E-state index contributed by atoms with van der Waals surface area (Å²) in [5, 5.41) is 9.41. The van der Waals surface area contributed by atoms with E-state index < -0.39 is 11.9 Å². The standard InChI is InChI=1S/C15H27F3N4OS/c1-5-11(4)21-13(22-14(23)20-6-2)7-10(3)8-24-9-12(19)15(16,17)18/h7,9-11,21H,5-6,8,19H2,1-4H3,(H2,20,22,23)/b12-9-,13-7+. The van der Waals surface area contributed by atoms with Crippen LogP contribution in [0.3, 0.4) is 0 Å². The second kappa shape index (κ2) is 11.1. The topological polar surface area (TPSA) is 79.2 Å². The number of carbonyl (C=O) groups is 1. The molecule has 0 aromatic heterocycles. The smallest absolute Gasteiger partial charge is 0.394 e. The number of alkyl halides is 3. The lowest BCUT2D eigenvalue weighted by Crippen LogP contribution is -2.41. The minimum atomic E-state index is -4.50. The van der Waals surface area contributed by atoms with Crippen molar-refractivity contribution in [2.24, 2.45) is 11.7 Å². The zero-order valence-corrected chi connectivity index (χ0v) is 15.3. The number of carbonyl (C=O) groups excluding carboxylic acids is 1. The first-order valence-corrected chi connectivity index (χ1v) is 8.82. The van der Waals surface area contributed by atoms with Crippen LogP contribution in [0.1, 0.15) is 34.1 Å². The van der Waals surface area contributed by atoms with Gasteiger partial charge in [0.1, 0.15) is 11.5 Å². The fourth-order valence-electron chi connectivity index (χ4n) is 1.51. The highest BCUT2D eigenvalue weighted by Gasteiger charge is 2.31. The predicted molar refractivity (Wildman–Crippen MR) is 93.1 cm³/mol. The maximum absolute atomic E-state index is 12.3. The third kappa shape index (κ3) is 10.3. The van der Waals surface area contributed by atoms with Gasteiger partial charge in [-0.15, -0.1) is 11.8 Å². The summed E-state index contributed by atoms with van der Waals surface area (Å²) in [4.78, 5) is 11.7. The minimum absolute atomic E-state index is 0.0687. The van der Waals surface area contributed by atoms with Gasteiger partial charge in [-0.25, -0.2) is 4.79 Å². The van der Waals surface area contributed by atoms with E-state index in [0.717, 1.165) is 23.6 Å². The van der Waals surface area contributed by atoms with E-state index in [4.69, 9.17) is 5.73 Å². The van der Waals surface area contributed by atoms with Crippen LogP contribution in [0.4, 0.5) is 18.0 Å². The summed E-state index contributed by atoms with van der Waals surface area (Å²) in [5.41, 5.74) is 3.83. The molecule has 0 spiro atoms. The van der Waals surface area contributed by atoms with E-state index in [9.17, 15) is 18.0 Å². The van der Waals surface area contributed by atoms with E-state index in [0.29, 0.717) is 18.1 Å². The molecule has 2 unspecified atom stereocenters. The normalized spacial score (nSPS) is 15.6. The summed E-state index contributed by atoms with van der Waals surface area (Å²) in [6.45, 7) is 8.13. The zero-order chi connectivity index (χ0) is 18.8. The molecule has 2 atom stereocenters. The lowest BCUT2D eigenvalue weighted by atomic mass is 10.2. The Morgan fingerprint density at radius 1 is 1.29 bits per heavy atom. The Hall–Kier alpha value is -1.51. The van der Waals surface area contributed by atoms with Crippen LogP contribution in [-0.4, -0.2) is 30.5 Å². The van der Waals surface area contributed by atoms with Crippen molar-refractivity contribution in [2.45, 2.75) is 46.3 Å². The Morgan fingerprint density at radius 3 is 2.42 bits per heavy atom. The molecule has 0 aliphatic rings. The second-order valence-electron chi connectivity index (χ2n) is 5.40. The van der Waals surface area contributed by atoms with Crippen LogP contribution in [0.15, 0.2) is 23.0 Å². The molecule has 0 rings (SSSR count). The van der Waals surface area contributed by atoms with Gasteiger partial charge in [0.25, 0.3) is 0 Å². The lowest BCUT2D eigenvalue weighted by Gasteiger charge is -2.19. The Morgan fingerprint density at radius 2 is 1.92 bits per heavy atom. The number of allylic oxidation sites excluding steroid dienone is 2. The number of nitrogens with two attached hydrogens (primary N) is 1. The van der Waals surface area contributed by atoms with E-state index in [1.807, 2.05) is 27.7 Å². The molecule has 0 aromatic rings. The molecule has 0 aliphatic heterocycles. The van der Waals surface area contributed by atoms with Crippen LogP contribution in [0, 0.1) is 5.92 Å². The lowest BCUT2D eigenvalue weighted by molar-refractivity contribution is -0.0924. The van der Waals surface area contributed by atoms with Gasteiger partial charge in [0.15, 0.2) is 0 Å². The molecule has 9 heteroatoms. The van der Waals surface area contributed by atoms with Crippen LogP contribution < -0.4 is 21.7 Å². The predicted octanol–water partition coefficient (Wildman–Crippen LogP) is 3.27. The molecular formula is C15H27F3N4OS. The average Bonchev–Trinajstić information content (AvgIpc) is 2.45. The highest BCUT2D eigenvalue weighted by molar-refractivity contribution is 8.02. The van der Waals surface area contributed by atoms with E-state index in [1.54, 1.807) is 6.08 Å². The van der Waals surface area contributed by atoms with Crippen molar-refractivity contribution >= 4 is 17.8 Å². The van der Waals surface area contributed by atoms with E-state index in [1.165, 1.54) is 0 Å². The quantitative estimate of drug-likeness (QED) is 0.504. The van der Waals surface area contributed by atoms with Crippen molar-refractivity contribution < 1.29 is 18.0 Å². The van der Waals surface area contributed by atoms with Crippen molar-refractivity contribution in [1.29, 1.82) is 0 Å². The summed E-state index contributed by atoms with van der Waals surface area (Å²) in [7, 11) is 0. The number of thioether (sulfide) groups is 1. The number of halogens is 3. The number of rotatable bonds is 9. The SMILES string of the molecule is CCNC(=O)N/C(=C/C(C)CS/C=C(\N)C(F)(F)F)NC(C)CC. The van der Waals surface area contributed by atoms with Gasteiger partial charge in [-0.05, 0) is 37.7 Å². The maximum atomic E-state index is 12.3. The van der Waals surface area contributed by atoms with Gasteiger partial charge in [0, 0.05) is 18.3 Å². The molecule has 0 aromatic carbocycles. The van der Waals surface area contributed by atoms with Gasteiger partial charge in [-0.2, -0.15) is 13.2 Å². The first-order chi connectivity index (χ1) is 11.1. The fourth-order valence-corrected chi connectivity index (χ4v) is 2.32. The number of hydrogen-bond acceptors (Lipinski definition) is 4. The molecule has 0 saturated carbocycles. The molecule has 0 radical (unpaired) electrons. The summed E-state index contributed by atoms with van der Waals surface area (Å²) >= 11 is 0.984. The van der Waals surface area contributed by atoms with Crippen molar-refractivity contribution in [3.8, 4) is 0 Å². The number of urea groups is 1. The molecule has 0 fully saturated rings. The van der Waals surface area contributed by atoms with Crippen molar-refractivity contribution in [1.82, 2.24) is 16.0 Å². The van der Waals surface area contributed by atoms with Crippen LogP contribution in [0.2, 0.25) is 0 Å². The van der Waals surface area contributed by atoms with Crippen LogP contribution in [0.5, 0.6) is 0 Å². The van der Waals surface area contributed by atoms with Gasteiger partial charge >= 0.3 is 12.2 Å². The highest BCUT2D eigenvalue weighted by atomic mass is 32.2. The Balaban J connectivity index is 4.76. The molecule has 5 nitrogen and oxygen atoms in total. The van der Waals surface area contributed by atoms with Gasteiger partial charge in [0.2, 0.25) is 0 Å². The number of amides is 2. The maximum Gasteiger partial charge on any atom is 0.431 e. The molecule has 2 amide bonds. The van der Waals surface area contributed by atoms with Crippen molar-refractivity contribution in [2.75, 3.05) is 12.3 Å². The molecular weight excluding hydrogens is 341 g/mol. The molecule has 0 bridgehead atoms. The Labute approximate surface area is 145 Å². The molecule has 0 saturated heterocycles. The van der Waals surface area contributed by atoms with E-state index in [2.05, 4.69) is 16.0 Å². The molecule has 5 N–H and O–H groups in total. The van der Waals surface area contributed by atoms with E-state index >= 15 is 0 Å². The first-order valence-electron chi connectivity index (χ1n) is 7.77. The molecule has 0 aliphatic carbocycles. The zero-order valence-electron chi connectivity index (χ0n) is 14.5. The third-order valence-electron chi connectivity index (χ3n) is 2.95. The fraction of sp³-hybridized carbons (Fsp3) is 0.667. The summed E-state index contributed by atoms with van der Waals surface area (Å²) in [6.07, 6.45) is -1.86. The van der Waals surface area contributed by atoms with Gasteiger partial charge < -0.3 is 16.4 Å². The summed E-state index contributed by atoms with van der Waals surface area (Å²) in [5.74, 6) is 0.872. The summed E-state index contributed by atoms with van der Waals surface area (Å²) < 4.78 is 36.9. The monoisotopic (exact) mass is 368 g/mol. The van der Waals surface area contributed by atoms with Crippen LogP contribution >= 0.6 is 11.8 Å². The van der Waals surface area contributed by atoms with Crippen molar-refractivity contribution in [3.05, 3.63) is 23.0 Å². The van der Waals surface area contributed by atoms with Gasteiger partial charge in [-0.3, -0.25) is 5.32 Å². The average molecular weight is 368 g/mol. The van der Waals surface area contributed by atoms with Gasteiger partial charge in [-0.1, -0.05) is 13.8 Å². The number of nitrogens with one attached hydrogen (secondary N) is 3. The number of hydrogen-bond donors (Lipinski definition) is 4. The van der Waals surface area contributed by atoms with E-state index in [-0.39, 0.29) is 18.0 Å². The first kappa shape index (κ1) is 22.5. The largest absolute Gasteiger partial charge is 0.431 e. The van der Waals surface area contributed by atoms with Gasteiger partial charge in [0.05, 0.1) is 0 Å². The highest BCUT2D eigenvalue weighted by Crippen LogP contribution is 2.24.